The van der Waals surface area contributed by atoms with Gasteiger partial charge < -0.3 is 24.3 Å². The Bertz CT molecular complexity index is 1050. The minimum Gasteiger partial charge on any atom is -0.493 e. The number of nitrogens with one attached hydrogen (secondary N) is 1. The van der Waals surface area contributed by atoms with Crippen molar-refractivity contribution in [2.45, 2.75) is 13.0 Å². The lowest BCUT2D eigenvalue weighted by atomic mass is 10.1. The van der Waals surface area contributed by atoms with Crippen LogP contribution < -0.4 is 24.3 Å². The van der Waals surface area contributed by atoms with Gasteiger partial charge in [0.2, 0.25) is 5.75 Å². The second-order valence-electron chi connectivity index (χ2n) is 6.48. The maximum Gasteiger partial charge on any atom is 0.573 e. The Balaban J connectivity index is 1.85. The molecule has 3 rings (SSSR count). The first-order chi connectivity index (χ1) is 15.3. The third-order valence-electron chi connectivity index (χ3n) is 4.31. The summed E-state index contributed by atoms with van der Waals surface area (Å²) in [5, 5.41) is 2.41. The van der Waals surface area contributed by atoms with Gasteiger partial charge in [-0.05, 0) is 29.8 Å². The van der Waals surface area contributed by atoms with Crippen LogP contribution in [0.3, 0.4) is 0 Å². The number of rotatable bonds is 8. The predicted octanol–water partition coefficient (Wildman–Crippen LogP) is 5.43. The number of anilines is 1. The Labute approximate surface area is 182 Å². The molecule has 0 heterocycles. The first-order valence-electron chi connectivity index (χ1n) is 9.39. The topological polar surface area (TPSA) is 66.0 Å². The summed E-state index contributed by atoms with van der Waals surface area (Å²) in [6.45, 7) is 0.237. The Kier molecular flexibility index (Phi) is 7.09. The molecule has 0 fully saturated rings. The minimum atomic E-state index is -4.90. The van der Waals surface area contributed by atoms with E-state index in [1.165, 1.54) is 44.6 Å². The number of hydrogen-bond donors (Lipinski definition) is 1. The van der Waals surface area contributed by atoms with Crippen LogP contribution in [0.1, 0.15) is 15.9 Å². The van der Waals surface area contributed by atoms with Crippen LogP contribution >= 0.6 is 0 Å². The van der Waals surface area contributed by atoms with Crippen molar-refractivity contribution in [3.8, 4) is 23.0 Å². The molecule has 3 aromatic carbocycles. The summed E-state index contributed by atoms with van der Waals surface area (Å²) in [7, 11) is 2.80. The fourth-order valence-electron chi connectivity index (χ4n) is 2.86. The summed E-state index contributed by atoms with van der Waals surface area (Å²) in [4.78, 5) is 12.8. The van der Waals surface area contributed by atoms with E-state index in [0.29, 0.717) is 0 Å². The lowest BCUT2D eigenvalue weighted by molar-refractivity contribution is -0.274. The van der Waals surface area contributed by atoms with Crippen LogP contribution in [0, 0.1) is 0 Å². The molecule has 9 heteroatoms. The molecule has 0 aromatic heterocycles. The van der Waals surface area contributed by atoms with Gasteiger partial charge >= 0.3 is 6.36 Å². The highest BCUT2D eigenvalue weighted by molar-refractivity contribution is 6.05. The van der Waals surface area contributed by atoms with E-state index >= 15 is 0 Å². The van der Waals surface area contributed by atoms with Crippen molar-refractivity contribution in [1.82, 2.24) is 0 Å². The molecule has 0 radical (unpaired) electrons. The Morgan fingerprint density at radius 3 is 2.06 bits per heavy atom. The number of methoxy groups -OCH3 is 2. The molecule has 3 aromatic rings. The Hall–Kier alpha value is -3.88. The molecule has 168 valence electrons. The number of amides is 1. The van der Waals surface area contributed by atoms with Crippen molar-refractivity contribution >= 4 is 11.6 Å². The molecule has 0 aliphatic heterocycles. The molecule has 0 atom stereocenters. The summed E-state index contributed by atoms with van der Waals surface area (Å²) in [6.07, 6.45) is -4.90. The van der Waals surface area contributed by atoms with Gasteiger partial charge in [-0.25, -0.2) is 0 Å². The first kappa shape index (κ1) is 22.8. The molecule has 0 saturated carbocycles. The fraction of sp³-hybridized carbons (Fsp3) is 0.174. The van der Waals surface area contributed by atoms with Gasteiger partial charge in [0, 0.05) is 5.56 Å². The minimum absolute atomic E-state index is 0.0903. The van der Waals surface area contributed by atoms with Crippen molar-refractivity contribution < 1.29 is 36.9 Å². The Morgan fingerprint density at radius 1 is 0.875 bits per heavy atom. The molecule has 32 heavy (non-hydrogen) atoms. The maximum absolute atomic E-state index is 12.8. The summed E-state index contributed by atoms with van der Waals surface area (Å²) in [5.74, 6) is -0.476. The lowest BCUT2D eigenvalue weighted by Gasteiger charge is -2.17. The molecule has 0 bridgehead atoms. The van der Waals surface area contributed by atoms with Gasteiger partial charge in [0.05, 0.1) is 19.9 Å². The van der Waals surface area contributed by atoms with Crippen LogP contribution in [0.2, 0.25) is 0 Å². The van der Waals surface area contributed by atoms with E-state index in [4.69, 9.17) is 14.2 Å². The fourth-order valence-corrected chi connectivity index (χ4v) is 2.86. The second-order valence-corrected chi connectivity index (χ2v) is 6.48. The van der Waals surface area contributed by atoms with Crippen molar-refractivity contribution in [2.24, 2.45) is 0 Å². The highest BCUT2D eigenvalue weighted by atomic mass is 19.4. The van der Waals surface area contributed by atoms with Gasteiger partial charge in [0.1, 0.15) is 6.61 Å². The van der Waals surface area contributed by atoms with Crippen LogP contribution in [0.25, 0.3) is 0 Å². The molecule has 1 amide bonds. The molecular weight excluding hydrogens is 427 g/mol. The maximum atomic E-state index is 12.8. The number of hydrogen-bond acceptors (Lipinski definition) is 5. The largest absolute Gasteiger partial charge is 0.573 e. The molecule has 0 aliphatic carbocycles. The molecular formula is C23H20F3NO5. The molecule has 0 unspecified atom stereocenters. The highest BCUT2D eigenvalue weighted by Crippen LogP contribution is 2.39. The van der Waals surface area contributed by atoms with Crippen molar-refractivity contribution in [3.63, 3.8) is 0 Å². The zero-order valence-electron chi connectivity index (χ0n) is 17.2. The zero-order valence-corrected chi connectivity index (χ0v) is 17.2. The molecule has 1 N–H and O–H groups in total. The summed E-state index contributed by atoms with van der Waals surface area (Å²) >= 11 is 0. The van der Waals surface area contributed by atoms with E-state index < -0.39 is 18.0 Å². The normalized spacial score (nSPS) is 10.9. The summed E-state index contributed by atoms with van der Waals surface area (Å²) < 4.78 is 58.4. The van der Waals surface area contributed by atoms with Crippen molar-refractivity contribution in [2.75, 3.05) is 19.5 Å². The molecule has 0 aliphatic rings. The van der Waals surface area contributed by atoms with E-state index in [2.05, 4.69) is 10.1 Å². The van der Waals surface area contributed by atoms with E-state index in [1.54, 1.807) is 0 Å². The third-order valence-corrected chi connectivity index (χ3v) is 4.31. The average molecular weight is 447 g/mol. The predicted molar refractivity (Wildman–Crippen MR) is 111 cm³/mol. The van der Waals surface area contributed by atoms with Crippen LogP contribution in [-0.4, -0.2) is 26.5 Å². The molecule has 0 spiro atoms. The zero-order chi connectivity index (χ0) is 23.1. The summed E-state index contributed by atoms with van der Waals surface area (Å²) in [6, 6.07) is 17.5. The van der Waals surface area contributed by atoms with Gasteiger partial charge in [-0.15, -0.1) is 13.2 Å². The first-order valence-corrected chi connectivity index (χ1v) is 9.39. The monoisotopic (exact) mass is 447 g/mol. The number of carbonyl (C=O) groups excluding carboxylic acids is 1. The van der Waals surface area contributed by atoms with Gasteiger partial charge in [0.25, 0.3) is 5.91 Å². The van der Waals surface area contributed by atoms with Crippen LogP contribution in [0.15, 0.2) is 66.7 Å². The van der Waals surface area contributed by atoms with E-state index in [1.807, 2.05) is 30.3 Å². The number of para-hydroxylation sites is 2. The second kappa shape index (κ2) is 9.95. The lowest BCUT2D eigenvalue weighted by Crippen LogP contribution is -2.19. The van der Waals surface area contributed by atoms with E-state index in [0.717, 1.165) is 11.6 Å². The summed E-state index contributed by atoms with van der Waals surface area (Å²) in [5.41, 5.74) is 0.865. The van der Waals surface area contributed by atoms with Crippen LogP contribution in [0.4, 0.5) is 18.9 Å². The van der Waals surface area contributed by atoms with Crippen molar-refractivity contribution in [1.29, 1.82) is 0 Å². The number of alkyl halides is 3. The van der Waals surface area contributed by atoms with E-state index in [-0.39, 0.29) is 35.1 Å². The third kappa shape index (κ3) is 5.84. The number of carbonyl (C=O) groups is 1. The standard InChI is InChI=1S/C23H20F3NO5/c1-29-19-12-16(13-20(30-2)21(19)31-14-15-8-4-3-5-9-15)22(28)27-17-10-6-7-11-18(17)32-23(24,25)26/h3-13H,14H2,1-2H3,(H,27,28). The number of halogens is 3. The molecule has 0 saturated heterocycles. The van der Waals surface area contributed by atoms with Crippen LogP contribution in [-0.2, 0) is 6.61 Å². The van der Waals surface area contributed by atoms with E-state index in [9.17, 15) is 18.0 Å². The van der Waals surface area contributed by atoms with Gasteiger partial charge in [-0.2, -0.15) is 0 Å². The average Bonchev–Trinajstić information content (AvgIpc) is 2.78. The smallest absolute Gasteiger partial charge is 0.493 e. The SMILES string of the molecule is COc1cc(C(=O)Nc2ccccc2OC(F)(F)F)cc(OC)c1OCc1ccccc1. The Morgan fingerprint density at radius 2 is 1.47 bits per heavy atom. The number of ether oxygens (including phenoxy) is 4. The van der Waals surface area contributed by atoms with Gasteiger partial charge in [-0.1, -0.05) is 42.5 Å². The number of benzene rings is 3. The highest BCUT2D eigenvalue weighted by Gasteiger charge is 2.32. The van der Waals surface area contributed by atoms with Gasteiger partial charge in [0.15, 0.2) is 17.2 Å². The molecule has 6 nitrogen and oxygen atoms in total. The quantitative estimate of drug-likeness (QED) is 0.499. The van der Waals surface area contributed by atoms with Crippen LogP contribution in [0.5, 0.6) is 23.0 Å². The van der Waals surface area contributed by atoms with Crippen molar-refractivity contribution in [3.05, 3.63) is 77.9 Å². The van der Waals surface area contributed by atoms with Gasteiger partial charge in [-0.3, -0.25) is 4.79 Å².